The van der Waals surface area contributed by atoms with Crippen LogP contribution in [0, 0.1) is 0 Å². The summed E-state index contributed by atoms with van der Waals surface area (Å²) < 4.78 is 19.6. The number of hydrogen-bond acceptors (Lipinski definition) is 7. The second-order valence-electron chi connectivity index (χ2n) is 3.59. The van der Waals surface area contributed by atoms with Crippen molar-refractivity contribution in [3.63, 3.8) is 0 Å². The topological polar surface area (TPSA) is 65.5 Å². The van der Waals surface area contributed by atoms with Gasteiger partial charge in [-0.1, -0.05) is 4.49 Å². The van der Waals surface area contributed by atoms with Crippen LogP contribution in [0.4, 0.5) is 5.00 Å². The quantitative estimate of drug-likeness (QED) is 0.618. The highest BCUT2D eigenvalue weighted by atomic mass is 32.1. The Labute approximate surface area is 112 Å². The fourth-order valence-corrected chi connectivity index (χ4v) is 1.91. The normalized spacial score (nSPS) is 10.8. The molecule has 0 radical (unpaired) electrons. The number of aromatic nitrogens is 2. The largest absolute Gasteiger partial charge is 0.382 e. The second-order valence-corrected chi connectivity index (χ2v) is 4.34. The lowest BCUT2D eigenvalue weighted by molar-refractivity contribution is 0.0479. The molecule has 0 saturated carbocycles. The highest BCUT2D eigenvalue weighted by molar-refractivity contribution is 7.10. The van der Waals surface area contributed by atoms with E-state index in [2.05, 4.69) is 14.9 Å². The number of anilines is 1. The van der Waals surface area contributed by atoms with Crippen molar-refractivity contribution in [1.29, 1.82) is 0 Å². The lowest BCUT2D eigenvalue weighted by Crippen LogP contribution is -2.06. The summed E-state index contributed by atoms with van der Waals surface area (Å²) >= 11 is 1.36. The maximum atomic E-state index is 5.52. The van der Waals surface area contributed by atoms with Crippen LogP contribution in [0.2, 0.25) is 0 Å². The van der Waals surface area contributed by atoms with E-state index in [9.17, 15) is 0 Å². The van der Waals surface area contributed by atoms with Crippen molar-refractivity contribution in [3.8, 4) is 0 Å². The molecule has 0 aromatic carbocycles. The SMILES string of the molecule is CCNc1snnc1COCCCOCCOC. The van der Waals surface area contributed by atoms with E-state index in [1.54, 1.807) is 7.11 Å². The molecule has 0 spiro atoms. The molecule has 0 amide bonds. The summed E-state index contributed by atoms with van der Waals surface area (Å²) in [5, 5.41) is 8.23. The molecule has 1 aromatic rings. The Morgan fingerprint density at radius 1 is 1.17 bits per heavy atom. The zero-order valence-electron chi connectivity index (χ0n) is 11.0. The number of nitrogens with zero attached hydrogens (tertiary/aromatic N) is 2. The van der Waals surface area contributed by atoms with Gasteiger partial charge in [0.25, 0.3) is 0 Å². The van der Waals surface area contributed by atoms with Crippen molar-refractivity contribution in [2.45, 2.75) is 20.0 Å². The predicted molar refractivity (Wildman–Crippen MR) is 71.0 cm³/mol. The summed E-state index contributed by atoms with van der Waals surface area (Å²) in [6.45, 7) is 6.03. The van der Waals surface area contributed by atoms with Crippen LogP contribution in [0.15, 0.2) is 0 Å². The van der Waals surface area contributed by atoms with Crippen LogP contribution in [0.5, 0.6) is 0 Å². The molecule has 0 fully saturated rings. The van der Waals surface area contributed by atoms with Crippen LogP contribution in [0.3, 0.4) is 0 Å². The van der Waals surface area contributed by atoms with Crippen molar-refractivity contribution in [2.24, 2.45) is 0 Å². The minimum atomic E-state index is 0.497. The van der Waals surface area contributed by atoms with Crippen LogP contribution >= 0.6 is 11.5 Å². The second kappa shape index (κ2) is 10.2. The molecule has 18 heavy (non-hydrogen) atoms. The molecule has 1 rings (SSSR count). The molecule has 0 bridgehead atoms. The maximum absolute atomic E-state index is 5.52. The van der Waals surface area contributed by atoms with Crippen LogP contribution in [-0.4, -0.2) is 49.7 Å². The van der Waals surface area contributed by atoms with Crippen LogP contribution in [0.25, 0.3) is 0 Å². The summed E-state index contributed by atoms with van der Waals surface area (Å²) in [6, 6.07) is 0. The van der Waals surface area contributed by atoms with Crippen molar-refractivity contribution in [2.75, 3.05) is 45.4 Å². The third kappa shape index (κ3) is 6.25. The van der Waals surface area contributed by atoms with Crippen LogP contribution in [0.1, 0.15) is 19.0 Å². The molecule has 104 valence electrons. The van der Waals surface area contributed by atoms with Gasteiger partial charge in [0, 0.05) is 38.4 Å². The van der Waals surface area contributed by atoms with E-state index in [4.69, 9.17) is 14.2 Å². The Bertz CT molecular complexity index is 309. The van der Waals surface area contributed by atoms with E-state index < -0.39 is 0 Å². The lowest BCUT2D eigenvalue weighted by atomic mass is 10.4. The highest BCUT2D eigenvalue weighted by Crippen LogP contribution is 2.17. The van der Waals surface area contributed by atoms with Gasteiger partial charge in [-0.15, -0.1) is 5.10 Å². The minimum Gasteiger partial charge on any atom is -0.382 e. The molecule has 1 heterocycles. The summed E-state index contributed by atoms with van der Waals surface area (Å²) in [6.07, 6.45) is 0.873. The molecular weight excluding hydrogens is 254 g/mol. The average molecular weight is 275 g/mol. The van der Waals surface area contributed by atoms with Crippen molar-refractivity contribution in [1.82, 2.24) is 9.59 Å². The molecule has 1 N–H and O–H groups in total. The standard InChI is InChI=1S/C11H21N3O3S/c1-3-12-11-10(13-14-18-11)9-17-6-4-5-16-8-7-15-2/h12H,3-9H2,1-2H3. The van der Waals surface area contributed by atoms with Crippen molar-refractivity contribution in [3.05, 3.63) is 5.69 Å². The first-order chi connectivity index (χ1) is 8.88. The van der Waals surface area contributed by atoms with Gasteiger partial charge >= 0.3 is 0 Å². The van der Waals surface area contributed by atoms with Crippen molar-refractivity contribution < 1.29 is 14.2 Å². The van der Waals surface area contributed by atoms with Gasteiger partial charge < -0.3 is 19.5 Å². The van der Waals surface area contributed by atoms with Gasteiger partial charge in [0.1, 0.15) is 10.7 Å². The number of hydrogen-bond donors (Lipinski definition) is 1. The number of ether oxygens (including phenoxy) is 3. The van der Waals surface area contributed by atoms with Gasteiger partial charge in [0.05, 0.1) is 19.8 Å². The van der Waals surface area contributed by atoms with Crippen LogP contribution in [-0.2, 0) is 20.8 Å². The van der Waals surface area contributed by atoms with Gasteiger partial charge in [-0.2, -0.15) is 0 Å². The molecule has 6 nitrogen and oxygen atoms in total. The molecule has 1 aromatic heterocycles. The van der Waals surface area contributed by atoms with E-state index in [0.29, 0.717) is 33.0 Å². The van der Waals surface area contributed by atoms with E-state index in [1.165, 1.54) is 11.5 Å². The monoisotopic (exact) mass is 275 g/mol. The lowest BCUT2D eigenvalue weighted by Gasteiger charge is -2.05. The van der Waals surface area contributed by atoms with Gasteiger partial charge in [-0.3, -0.25) is 0 Å². The minimum absolute atomic E-state index is 0.497. The summed E-state index contributed by atoms with van der Waals surface area (Å²) in [5.74, 6) is 0. The molecule has 0 unspecified atom stereocenters. The van der Waals surface area contributed by atoms with E-state index in [-0.39, 0.29) is 0 Å². The summed E-state index contributed by atoms with van der Waals surface area (Å²) in [5.41, 5.74) is 0.877. The van der Waals surface area contributed by atoms with E-state index in [1.807, 2.05) is 6.92 Å². The Balaban J connectivity index is 2.01. The van der Waals surface area contributed by atoms with E-state index >= 15 is 0 Å². The molecule has 0 aliphatic rings. The summed E-state index contributed by atoms with van der Waals surface area (Å²) in [4.78, 5) is 0. The third-order valence-electron chi connectivity index (χ3n) is 2.14. The molecule has 0 saturated heterocycles. The molecular formula is C11H21N3O3S. The molecule has 7 heteroatoms. The van der Waals surface area contributed by atoms with Crippen molar-refractivity contribution >= 4 is 16.5 Å². The highest BCUT2D eigenvalue weighted by Gasteiger charge is 2.06. The first-order valence-electron chi connectivity index (χ1n) is 6.08. The molecule has 0 atom stereocenters. The Morgan fingerprint density at radius 2 is 2.00 bits per heavy atom. The first-order valence-corrected chi connectivity index (χ1v) is 6.85. The maximum Gasteiger partial charge on any atom is 0.135 e. The third-order valence-corrected chi connectivity index (χ3v) is 2.87. The average Bonchev–Trinajstić information content (AvgIpc) is 2.81. The molecule has 0 aliphatic heterocycles. The predicted octanol–water partition coefficient (Wildman–Crippen LogP) is 1.54. The zero-order valence-corrected chi connectivity index (χ0v) is 11.8. The van der Waals surface area contributed by atoms with Gasteiger partial charge in [0.2, 0.25) is 0 Å². The summed E-state index contributed by atoms with van der Waals surface area (Å²) in [7, 11) is 1.66. The Kier molecular flexibility index (Phi) is 8.66. The fourth-order valence-electron chi connectivity index (χ4n) is 1.27. The van der Waals surface area contributed by atoms with E-state index in [0.717, 1.165) is 23.7 Å². The van der Waals surface area contributed by atoms with Crippen LogP contribution < -0.4 is 5.32 Å². The Hall–Kier alpha value is -0.760. The fraction of sp³-hybridized carbons (Fsp3) is 0.818. The van der Waals surface area contributed by atoms with Gasteiger partial charge in [-0.25, -0.2) is 0 Å². The first kappa shape index (κ1) is 15.3. The number of nitrogens with one attached hydrogen (secondary N) is 1. The smallest absolute Gasteiger partial charge is 0.135 e. The van der Waals surface area contributed by atoms with Gasteiger partial charge in [-0.05, 0) is 13.3 Å². The van der Waals surface area contributed by atoms with Gasteiger partial charge in [0.15, 0.2) is 0 Å². The zero-order chi connectivity index (χ0) is 13.1. The Morgan fingerprint density at radius 3 is 2.78 bits per heavy atom. The number of rotatable bonds is 11. The molecule has 0 aliphatic carbocycles. The number of methoxy groups -OCH3 is 1.